The minimum Gasteiger partial charge on any atom is -0.340 e. The van der Waals surface area contributed by atoms with Gasteiger partial charge in [0.25, 0.3) is 0 Å². The first kappa shape index (κ1) is 15.2. The second-order valence-electron chi connectivity index (χ2n) is 5.15. The number of benzene rings is 1. The van der Waals surface area contributed by atoms with Gasteiger partial charge in [-0.15, -0.1) is 0 Å². The zero-order chi connectivity index (χ0) is 14.6. The number of rotatable bonds is 4. The Labute approximate surface area is 115 Å². The lowest BCUT2D eigenvalue weighted by Crippen LogP contribution is -2.31. The van der Waals surface area contributed by atoms with Crippen molar-refractivity contribution in [1.82, 2.24) is 4.90 Å². The molecule has 0 bridgehead atoms. The summed E-state index contributed by atoms with van der Waals surface area (Å²) in [5.74, 6) is -0.625. The van der Waals surface area contributed by atoms with E-state index in [1.54, 1.807) is 11.9 Å². The van der Waals surface area contributed by atoms with Crippen molar-refractivity contribution in [3.8, 4) is 6.07 Å². The Morgan fingerprint density at radius 3 is 2.37 bits per heavy atom. The van der Waals surface area contributed by atoms with Crippen LogP contribution in [0, 0.1) is 38.0 Å². The summed E-state index contributed by atoms with van der Waals surface area (Å²) in [6.45, 7) is 8.64. The van der Waals surface area contributed by atoms with Gasteiger partial charge in [0.1, 0.15) is 5.92 Å². The van der Waals surface area contributed by atoms with Crippen LogP contribution in [-0.4, -0.2) is 17.9 Å². The van der Waals surface area contributed by atoms with Crippen LogP contribution < -0.4 is 0 Å². The molecule has 3 nitrogen and oxygen atoms in total. The van der Waals surface area contributed by atoms with Gasteiger partial charge in [-0.2, -0.15) is 5.26 Å². The highest BCUT2D eigenvalue weighted by atomic mass is 16.2. The Balaban J connectivity index is 2.89. The molecule has 0 saturated carbocycles. The topological polar surface area (TPSA) is 44.1 Å². The Morgan fingerprint density at radius 2 is 1.84 bits per heavy atom. The predicted octanol–water partition coefficient (Wildman–Crippen LogP) is 3.12. The second-order valence-corrected chi connectivity index (χ2v) is 5.15. The van der Waals surface area contributed by atoms with Gasteiger partial charge in [-0.1, -0.05) is 19.1 Å². The van der Waals surface area contributed by atoms with Gasteiger partial charge < -0.3 is 4.90 Å². The van der Waals surface area contributed by atoms with Crippen molar-refractivity contribution >= 4 is 5.91 Å². The first-order valence-corrected chi connectivity index (χ1v) is 6.62. The average Bonchev–Trinajstić information content (AvgIpc) is 2.37. The predicted molar refractivity (Wildman–Crippen MR) is 76.5 cm³/mol. The van der Waals surface area contributed by atoms with Crippen molar-refractivity contribution in [2.45, 2.75) is 40.7 Å². The molecule has 102 valence electrons. The average molecular weight is 258 g/mol. The molecule has 0 aliphatic carbocycles. The van der Waals surface area contributed by atoms with Gasteiger partial charge in [0, 0.05) is 13.6 Å². The number of hydrogen-bond acceptors (Lipinski definition) is 2. The summed E-state index contributed by atoms with van der Waals surface area (Å²) in [6, 6.07) is 6.33. The fourth-order valence-corrected chi connectivity index (χ4v) is 2.11. The first-order chi connectivity index (χ1) is 8.90. The van der Waals surface area contributed by atoms with E-state index < -0.39 is 5.92 Å². The van der Waals surface area contributed by atoms with E-state index in [1.165, 1.54) is 16.7 Å². The minimum atomic E-state index is -0.531. The van der Waals surface area contributed by atoms with E-state index >= 15 is 0 Å². The molecule has 19 heavy (non-hydrogen) atoms. The lowest BCUT2D eigenvalue weighted by Gasteiger charge is -2.21. The molecule has 1 atom stereocenters. The van der Waals surface area contributed by atoms with E-state index in [1.807, 2.05) is 6.92 Å². The van der Waals surface area contributed by atoms with Crippen molar-refractivity contribution in [2.24, 2.45) is 5.92 Å². The van der Waals surface area contributed by atoms with Crippen LogP contribution in [0.4, 0.5) is 0 Å². The second kappa shape index (κ2) is 6.38. The maximum Gasteiger partial charge on any atom is 0.239 e. The maximum absolute atomic E-state index is 12.1. The lowest BCUT2D eigenvalue weighted by atomic mass is 10.00. The van der Waals surface area contributed by atoms with Gasteiger partial charge in [-0.05, 0) is 49.4 Å². The fraction of sp³-hybridized carbons (Fsp3) is 0.500. The monoisotopic (exact) mass is 258 g/mol. The zero-order valence-corrected chi connectivity index (χ0v) is 12.4. The van der Waals surface area contributed by atoms with Crippen LogP contribution in [0.2, 0.25) is 0 Å². The molecule has 0 aliphatic heterocycles. The third-order valence-corrected chi connectivity index (χ3v) is 3.60. The largest absolute Gasteiger partial charge is 0.340 e. The molecule has 0 radical (unpaired) electrons. The van der Waals surface area contributed by atoms with E-state index in [9.17, 15) is 4.79 Å². The molecule has 1 unspecified atom stereocenters. The summed E-state index contributed by atoms with van der Waals surface area (Å²) in [4.78, 5) is 13.7. The van der Waals surface area contributed by atoms with E-state index in [0.717, 1.165) is 5.56 Å². The van der Waals surface area contributed by atoms with Gasteiger partial charge in [-0.25, -0.2) is 0 Å². The van der Waals surface area contributed by atoms with Gasteiger partial charge in [-0.3, -0.25) is 4.79 Å². The highest BCUT2D eigenvalue weighted by molar-refractivity contribution is 5.80. The quantitative estimate of drug-likeness (QED) is 0.833. The molecular formula is C16H22N2O. The Morgan fingerprint density at radius 1 is 1.26 bits per heavy atom. The molecule has 0 fully saturated rings. The number of nitrogens with zero attached hydrogens (tertiary/aromatic N) is 2. The normalized spacial score (nSPS) is 11.8. The highest BCUT2D eigenvalue weighted by Crippen LogP contribution is 2.17. The van der Waals surface area contributed by atoms with Crippen LogP contribution in [0.1, 0.15) is 35.6 Å². The third kappa shape index (κ3) is 3.57. The molecule has 1 aromatic carbocycles. The summed E-state index contributed by atoms with van der Waals surface area (Å²) < 4.78 is 0. The van der Waals surface area contributed by atoms with Crippen LogP contribution in [0.15, 0.2) is 12.1 Å². The van der Waals surface area contributed by atoms with E-state index in [-0.39, 0.29) is 5.91 Å². The molecule has 3 heteroatoms. The summed E-state index contributed by atoms with van der Waals surface area (Å²) >= 11 is 0. The summed E-state index contributed by atoms with van der Waals surface area (Å²) in [6.07, 6.45) is 0.561. The minimum absolute atomic E-state index is 0.0948. The van der Waals surface area contributed by atoms with E-state index in [2.05, 4.69) is 39.0 Å². The molecule has 0 spiro atoms. The molecule has 1 aromatic rings. The molecule has 0 aromatic heterocycles. The van der Waals surface area contributed by atoms with Crippen LogP contribution in [0.25, 0.3) is 0 Å². The first-order valence-electron chi connectivity index (χ1n) is 6.62. The van der Waals surface area contributed by atoms with Crippen LogP contribution in [0.3, 0.4) is 0 Å². The maximum atomic E-state index is 12.1. The highest BCUT2D eigenvalue weighted by Gasteiger charge is 2.20. The molecule has 1 amide bonds. The van der Waals surface area contributed by atoms with Gasteiger partial charge in [0.2, 0.25) is 5.91 Å². The number of amides is 1. The van der Waals surface area contributed by atoms with E-state index in [0.29, 0.717) is 13.0 Å². The number of aryl methyl sites for hydroxylation is 3. The molecular weight excluding hydrogens is 236 g/mol. The standard InChI is InChI=1S/C16H22N2O/c1-6-14(9-17)16(19)18(5)10-15-8-12(3)11(2)7-13(15)4/h7-8,14H,6,10H2,1-5H3. The molecule has 0 aliphatic rings. The van der Waals surface area contributed by atoms with Crippen molar-refractivity contribution in [3.63, 3.8) is 0 Å². The van der Waals surface area contributed by atoms with Crippen LogP contribution in [0.5, 0.6) is 0 Å². The molecule has 0 saturated heterocycles. The summed E-state index contributed by atoms with van der Waals surface area (Å²) in [7, 11) is 1.76. The van der Waals surface area contributed by atoms with E-state index in [4.69, 9.17) is 5.26 Å². The Hall–Kier alpha value is -1.82. The number of nitriles is 1. The van der Waals surface area contributed by atoms with Gasteiger partial charge >= 0.3 is 0 Å². The van der Waals surface area contributed by atoms with Crippen molar-refractivity contribution < 1.29 is 4.79 Å². The SMILES string of the molecule is CCC(C#N)C(=O)N(C)Cc1cc(C)c(C)cc1C. The van der Waals surface area contributed by atoms with Crippen molar-refractivity contribution in [1.29, 1.82) is 5.26 Å². The number of carbonyl (C=O) groups is 1. The van der Waals surface area contributed by atoms with Crippen molar-refractivity contribution in [2.75, 3.05) is 7.05 Å². The zero-order valence-electron chi connectivity index (χ0n) is 12.4. The molecule has 0 heterocycles. The fourth-order valence-electron chi connectivity index (χ4n) is 2.11. The van der Waals surface area contributed by atoms with Crippen LogP contribution in [-0.2, 0) is 11.3 Å². The van der Waals surface area contributed by atoms with Gasteiger partial charge in [0.05, 0.1) is 6.07 Å². The molecule has 1 rings (SSSR count). The Bertz CT molecular complexity index is 514. The lowest BCUT2D eigenvalue weighted by molar-refractivity contribution is -0.133. The smallest absolute Gasteiger partial charge is 0.239 e. The summed E-state index contributed by atoms with van der Waals surface area (Å²) in [5.41, 5.74) is 4.83. The van der Waals surface area contributed by atoms with Crippen LogP contribution >= 0.6 is 0 Å². The number of hydrogen-bond donors (Lipinski definition) is 0. The number of carbonyl (C=O) groups excluding carboxylic acids is 1. The molecule has 0 N–H and O–H groups in total. The third-order valence-electron chi connectivity index (χ3n) is 3.60. The van der Waals surface area contributed by atoms with Gasteiger partial charge in [0.15, 0.2) is 0 Å². The van der Waals surface area contributed by atoms with Crippen molar-refractivity contribution in [3.05, 3.63) is 34.4 Å². The summed E-state index contributed by atoms with van der Waals surface area (Å²) in [5, 5.41) is 8.95. The Kier molecular flexibility index (Phi) is 5.11.